The second-order valence-electron chi connectivity index (χ2n) is 7.34. The Balaban J connectivity index is 1.76. The number of rotatable bonds is 4. The minimum absolute atomic E-state index is 0.117. The molecule has 2 N–H and O–H groups in total. The Labute approximate surface area is 190 Å². The number of benzene rings is 1. The summed E-state index contributed by atoms with van der Waals surface area (Å²) < 4.78 is 30.1. The molecule has 0 amide bonds. The lowest BCUT2D eigenvalue weighted by atomic mass is 9.91. The lowest BCUT2D eigenvalue weighted by Gasteiger charge is -2.31. The smallest absolute Gasteiger partial charge is 0.238 e. The van der Waals surface area contributed by atoms with Crippen molar-refractivity contribution in [3.63, 3.8) is 0 Å². The first-order valence-electron chi connectivity index (χ1n) is 8.67. The second kappa shape index (κ2) is 7.03. The minimum Gasteiger partial charge on any atom is -0.362 e. The topological polar surface area (TPSA) is 69.4 Å². The molecule has 8 heteroatoms. The van der Waals surface area contributed by atoms with Crippen LogP contribution in [0.4, 0.5) is 0 Å². The molecule has 1 aromatic carbocycles. The highest BCUT2D eigenvalue weighted by Gasteiger charge is 2.44. The Bertz CT molecular complexity index is 1080. The lowest BCUT2D eigenvalue weighted by molar-refractivity contribution is 0.116. The van der Waals surface area contributed by atoms with Gasteiger partial charge in [-0.1, -0.05) is 56.1 Å². The summed E-state index contributed by atoms with van der Waals surface area (Å²) in [6.07, 6.45) is 9.62. The third-order valence-electron chi connectivity index (χ3n) is 5.39. The van der Waals surface area contributed by atoms with Crippen molar-refractivity contribution in [2.45, 2.75) is 28.7 Å². The number of ether oxygens (including phenoxy) is 1. The maximum Gasteiger partial charge on any atom is 0.238 e. The fourth-order valence-corrected chi connectivity index (χ4v) is 6.12. The number of allylic oxidation sites excluding steroid dienone is 6. The SMILES string of the molecule is COC1(Br)CC(Br)=C(C2=CC3(C=C2c2ccc(S(N)(=O)=O)cc2)CC3)C=C1Br. The standard InChI is InChI=1S/C20H18Br3NO3S/c1-27-20(23)11-17(21)14(8-18(20)22)16-10-19(6-7-19)9-15(16)12-2-4-13(5-3-12)28(24,25)26/h2-5,8-10H,6-7,11H2,1H3,(H2,24,25,26). The fourth-order valence-electron chi connectivity index (χ4n) is 3.58. The number of primary sulfonamides is 1. The van der Waals surface area contributed by atoms with Gasteiger partial charge in [-0.15, -0.1) is 0 Å². The zero-order valence-corrected chi connectivity index (χ0v) is 20.6. The van der Waals surface area contributed by atoms with Crippen LogP contribution in [-0.4, -0.2) is 20.0 Å². The summed E-state index contributed by atoms with van der Waals surface area (Å²) in [5.41, 5.74) is 4.46. The highest BCUT2D eigenvalue weighted by atomic mass is 79.9. The molecule has 0 bridgehead atoms. The quantitative estimate of drug-likeness (QED) is 0.470. The van der Waals surface area contributed by atoms with Gasteiger partial charge in [-0.2, -0.15) is 0 Å². The maximum atomic E-state index is 11.6. The molecule has 28 heavy (non-hydrogen) atoms. The Kier molecular flexibility index (Phi) is 5.21. The average molecular weight is 592 g/mol. The Morgan fingerprint density at radius 1 is 1.07 bits per heavy atom. The van der Waals surface area contributed by atoms with Gasteiger partial charge in [0, 0.05) is 27.9 Å². The summed E-state index contributed by atoms with van der Waals surface area (Å²) >= 11 is 11.0. The minimum atomic E-state index is -3.71. The molecule has 0 saturated heterocycles. The summed E-state index contributed by atoms with van der Waals surface area (Å²) in [5.74, 6) is 0. The number of halogens is 3. The normalized spacial score (nSPS) is 26.2. The van der Waals surface area contributed by atoms with E-state index in [1.807, 2.05) is 12.1 Å². The third kappa shape index (κ3) is 3.68. The van der Waals surface area contributed by atoms with E-state index in [-0.39, 0.29) is 10.3 Å². The molecule has 3 aliphatic rings. The van der Waals surface area contributed by atoms with E-state index in [2.05, 4.69) is 66.0 Å². The summed E-state index contributed by atoms with van der Waals surface area (Å²) in [6, 6.07) is 6.76. The highest BCUT2D eigenvalue weighted by Crippen LogP contribution is 2.58. The van der Waals surface area contributed by atoms with Crippen molar-refractivity contribution in [1.82, 2.24) is 0 Å². The summed E-state index contributed by atoms with van der Waals surface area (Å²) in [4.78, 5) is 0.117. The highest BCUT2D eigenvalue weighted by molar-refractivity contribution is 9.14. The molecule has 3 aliphatic carbocycles. The third-order valence-corrected chi connectivity index (χ3v) is 9.46. The molecule has 4 nitrogen and oxygen atoms in total. The van der Waals surface area contributed by atoms with E-state index in [0.717, 1.165) is 44.1 Å². The van der Waals surface area contributed by atoms with E-state index >= 15 is 0 Å². The van der Waals surface area contributed by atoms with Crippen LogP contribution < -0.4 is 5.14 Å². The van der Waals surface area contributed by atoms with Crippen molar-refractivity contribution < 1.29 is 13.2 Å². The van der Waals surface area contributed by atoms with Gasteiger partial charge in [-0.25, -0.2) is 13.6 Å². The van der Waals surface area contributed by atoms with Gasteiger partial charge >= 0.3 is 0 Å². The summed E-state index contributed by atoms with van der Waals surface area (Å²) in [7, 11) is -2.04. The van der Waals surface area contributed by atoms with Crippen molar-refractivity contribution in [1.29, 1.82) is 0 Å². The van der Waals surface area contributed by atoms with Gasteiger partial charge in [-0.05, 0) is 69.3 Å². The van der Waals surface area contributed by atoms with Gasteiger partial charge in [0.15, 0.2) is 4.51 Å². The molecule has 148 valence electrons. The number of hydrogen-bond donors (Lipinski definition) is 1. The van der Waals surface area contributed by atoms with Gasteiger partial charge < -0.3 is 4.74 Å². The van der Waals surface area contributed by atoms with E-state index < -0.39 is 14.5 Å². The van der Waals surface area contributed by atoms with Crippen molar-refractivity contribution in [3.05, 3.63) is 68.2 Å². The second-order valence-corrected chi connectivity index (χ2v) is 12.0. The van der Waals surface area contributed by atoms with Crippen LogP contribution in [0.1, 0.15) is 24.8 Å². The van der Waals surface area contributed by atoms with E-state index in [4.69, 9.17) is 9.88 Å². The number of nitrogens with two attached hydrogens (primary N) is 1. The van der Waals surface area contributed by atoms with Gasteiger partial charge in [-0.3, -0.25) is 0 Å². The van der Waals surface area contributed by atoms with Crippen molar-refractivity contribution in [3.8, 4) is 0 Å². The van der Waals surface area contributed by atoms with Crippen molar-refractivity contribution >= 4 is 63.4 Å². The van der Waals surface area contributed by atoms with Crippen molar-refractivity contribution in [2.24, 2.45) is 10.6 Å². The molecule has 1 spiro atoms. The Morgan fingerprint density at radius 2 is 1.68 bits per heavy atom. The molecule has 1 saturated carbocycles. The monoisotopic (exact) mass is 589 g/mol. The first kappa shape index (κ1) is 20.8. The molecule has 0 aliphatic heterocycles. The molecule has 1 atom stereocenters. The Morgan fingerprint density at radius 3 is 2.21 bits per heavy atom. The largest absolute Gasteiger partial charge is 0.362 e. The number of hydrogen-bond acceptors (Lipinski definition) is 3. The zero-order valence-electron chi connectivity index (χ0n) is 15.0. The van der Waals surface area contributed by atoms with Gasteiger partial charge in [0.1, 0.15) is 0 Å². The molecule has 4 rings (SSSR count). The van der Waals surface area contributed by atoms with Crippen LogP contribution in [0.2, 0.25) is 0 Å². The van der Waals surface area contributed by atoms with Gasteiger partial charge in [0.2, 0.25) is 10.0 Å². The molecule has 0 aromatic heterocycles. The van der Waals surface area contributed by atoms with Crippen molar-refractivity contribution in [2.75, 3.05) is 7.11 Å². The summed E-state index contributed by atoms with van der Waals surface area (Å²) in [5, 5.41) is 5.23. The number of sulfonamides is 1. The molecule has 1 fully saturated rings. The van der Waals surface area contributed by atoms with Crippen LogP contribution in [0.25, 0.3) is 5.57 Å². The van der Waals surface area contributed by atoms with E-state index in [9.17, 15) is 8.42 Å². The zero-order chi connectivity index (χ0) is 20.3. The number of alkyl halides is 1. The van der Waals surface area contributed by atoms with Crippen LogP contribution >= 0.6 is 47.8 Å². The fraction of sp³-hybridized carbons (Fsp3) is 0.300. The molecule has 1 aromatic rings. The molecule has 0 heterocycles. The van der Waals surface area contributed by atoms with E-state index in [0.29, 0.717) is 6.42 Å². The van der Waals surface area contributed by atoms with Crippen LogP contribution in [-0.2, 0) is 14.8 Å². The molecule has 0 radical (unpaired) electrons. The van der Waals surface area contributed by atoms with Crippen LogP contribution in [0.5, 0.6) is 0 Å². The lowest BCUT2D eigenvalue weighted by Crippen LogP contribution is -2.26. The molecular weight excluding hydrogens is 574 g/mol. The molecular formula is C20H18Br3NO3S. The van der Waals surface area contributed by atoms with E-state index in [1.165, 1.54) is 0 Å². The predicted octanol–water partition coefficient (Wildman–Crippen LogP) is 5.51. The number of methoxy groups -OCH3 is 1. The van der Waals surface area contributed by atoms with E-state index in [1.54, 1.807) is 19.2 Å². The predicted molar refractivity (Wildman–Crippen MR) is 122 cm³/mol. The van der Waals surface area contributed by atoms with Crippen LogP contribution in [0.3, 0.4) is 0 Å². The average Bonchev–Trinajstić information content (AvgIpc) is 3.29. The first-order chi connectivity index (χ1) is 13.1. The van der Waals surface area contributed by atoms with Crippen LogP contribution in [0, 0.1) is 5.41 Å². The Hall–Kier alpha value is -0.510. The van der Waals surface area contributed by atoms with Crippen LogP contribution in [0.15, 0.2) is 67.5 Å². The molecule has 1 unspecified atom stereocenters. The maximum absolute atomic E-state index is 11.6. The summed E-state index contributed by atoms with van der Waals surface area (Å²) in [6.45, 7) is 0. The van der Waals surface area contributed by atoms with Gasteiger partial charge in [0.25, 0.3) is 0 Å². The van der Waals surface area contributed by atoms with Gasteiger partial charge in [0.05, 0.1) is 4.90 Å². The first-order valence-corrected chi connectivity index (χ1v) is 12.6.